The van der Waals surface area contributed by atoms with E-state index in [0.717, 1.165) is 29.8 Å². The van der Waals surface area contributed by atoms with E-state index < -0.39 is 5.60 Å². The highest BCUT2D eigenvalue weighted by Gasteiger charge is 2.35. The van der Waals surface area contributed by atoms with Crippen molar-refractivity contribution in [3.8, 4) is 0 Å². The molecule has 0 aromatic carbocycles. The number of hydrogen-bond donors (Lipinski definition) is 3. The highest BCUT2D eigenvalue weighted by atomic mass is 127. The first-order valence-corrected chi connectivity index (χ1v) is 7.06. The molecule has 2 rings (SSSR count). The third-order valence-electron chi connectivity index (χ3n) is 3.32. The zero-order chi connectivity index (χ0) is 11.6. The number of aliphatic hydroxyl groups is 1. The lowest BCUT2D eigenvalue weighted by atomic mass is 10.0. The van der Waals surface area contributed by atoms with Gasteiger partial charge in [0, 0.05) is 25.4 Å². The Morgan fingerprint density at radius 3 is 2.76 bits per heavy atom. The Bertz CT molecular complexity index is 282. The van der Waals surface area contributed by atoms with Crippen LogP contribution in [0.2, 0.25) is 0 Å². The van der Waals surface area contributed by atoms with Gasteiger partial charge < -0.3 is 15.7 Å². The van der Waals surface area contributed by atoms with Crippen molar-refractivity contribution in [2.45, 2.75) is 31.4 Å². The summed E-state index contributed by atoms with van der Waals surface area (Å²) in [5.41, 5.74) is -0.544. The van der Waals surface area contributed by atoms with E-state index in [4.69, 9.17) is 0 Å². The minimum absolute atomic E-state index is 0. The third-order valence-corrected chi connectivity index (χ3v) is 4.56. The van der Waals surface area contributed by atoms with Crippen molar-refractivity contribution in [1.29, 1.82) is 0 Å². The molecule has 4 nitrogen and oxygen atoms in total. The number of guanidine groups is 1. The average molecular weight is 371 g/mol. The van der Waals surface area contributed by atoms with E-state index >= 15 is 0 Å². The molecule has 0 bridgehead atoms. The number of aliphatic imine (C=N–C) groups is 1. The molecule has 1 saturated carbocycles. The second-order valence-corrected chi connectivity index (χ2v) is 6.02. The Labute approximate surface area is 124 Å². The maximum absolute atomic E-state index is 10.2. The van der Waals surface area contributed by atoms with Gasteiger partial charge in [0.15, 0.2) is 5.96 Å². The zero-order valence-electron chi connectivity index (χ0n) is 10.4. The van der Waals surface area contributed by atoms with Crippen LogP contribution < -0.4 is 10.6 Å². The summed E-state index contributed by atoms with van der Waals surface area (Å²) in [5.74, 6) is 3.46. The van der Waals surface area contributed by atoms with E-state index in [1.54, 1.807) is 7.05 Å². The number of halogens is 1. The van der Waals surface area contributed by atoms with Gasteiger partial charge in [-0.15, -0.1) is 24.0 Å². The van der Waals surface area contributed by atoms with Crippen molar-refractivity contribution in [2.75, 3.05) is 25.1 Å². The first-order valence-electron chi connectivity index (χ1n) is 5.90. The molecule has 6 heteroatoms. The molecule has 100 valence electrons. The fourth-order valence-electron chi connectivity index (χ4n) is 1.88. The second kappa shape index (κ2) is 6.47. The van der Waals surface area contributed by atoms with Gasteiger partial charge in [-0.2, -0.15) is 11.8 Å². The molecule has 2 fully saturated rings. The number of nitrogens with zero attached hydrogens (tertiary/aromatic N) is 1. The van der Waals surface area contributed by atoms with Gasteiger partial charge in [0.1, 0.15) is 0 Å². The summed E-state index contributed by atoms with van der Waals surface area (Å²) in [4.78, 5) is 4.17. The van der Waals surface area contributed by atoms with Gasteiger partial charge in [-0.3, -0.25) is 4.99 Å². The van der Waals surface area contributed by atoms with E-state index in [0.29, 0.717) is 12.6 Å². The van der Waals surface area contributed by atoms with Crippen molar-refractivity contribution >= 4 is 41.7 Å². The van der Waals surface area contributed by atoms with Crippen LogP contribution in [0.3, 0.4) is 0 Å². The van der Waals surface area contributed by atoms with Crippen molar-refractivity contribution < 1.29 is 5.11 Å². The molecule has 17 heavy (non-hydrogen) atoms. The molecule has 3 unspecified atom stereocenters. The summed E-state index contributed by atoms with van der Waals surface area (Å²) >= 11 is 1.82. The van der Waals surface area contributed by atoms with E-state index in [-0.39, 0.29) is 24.0 Å². The minimum atomic E-state index is -0.544. The van der Waals surface area contributed by atoms with Crippen LogP contribution in [0.25, 0.3) is 0 Å². The summed E-state index contributed by atoms with van der Waals surface area (Å²) in [5, 5.41) is 16.7. The topological polar surface area (TPSA) is 56.7 Å². The summed E-state index contributed by atoms with van der Waals surface area (Å²) in [7, 11) is 1.77. The molecule has 3 atom stereocenters. The summed E-state index contributed by atoms with van der Waals surface area (Å²) in [6, 6.07) is 0.568. The van der Waals surface area contributed by atoms with Gasteiger partial charge in [-0.25, -0.2) is 0 Å². The van der Waals surface area contributed by atoms with Gasteiger partial charge in [0.05, 0.1) is 5.60 Å². The molecule has 0 amide bonds. The SMILES string of the molecule is CN=C(NCC1(O)CCSC1)NC1CC1C.I. The monoisotopic (exact) mass is 371 g/mol. The highest BCUT2D eigenvalue weighted by molar-refractivity contribution is 14.0. The van der Waals surface area contributed by atoms with Crippen LogP contribution >= 0.6 is 35.7 Å². The molecule has 0 aromatic heterocycles. The Balaban J connectivity index is 0.00000144. The highest BCUT2D eigenvalue weighted by Crippen LogP contribution is 2.29. The van der Waals surface area contributed by atoms with Crippen molar-refractivity contribution in [3.05, 3.63) is 0 Å². The first kappa shape index (κ1) is 15.4. The van der Waals surface area contributed by atoms with Crippen LogP contribution in [0, 0.1) is 5.92 Å². The first-order chi connectivity index (χ1) is 7.63. The average Bonchev–Trinajstić information content (AvgIpc) is 2.76. The predicted molar refractivity (Wildman–Crippen MR) is 84.4 cm³/mol. The van der Waals surface area contributed by atoms with Gasteiger partial charge in [-0.1, -0.05) is 6.92 Å². The lowest BCUT2D eigenvalue weighted by Crippen LogP contribution is -2.48. The Kier molecular flexibility index (Phi) is 5.85. The van der Waals surface area contributed by atoms with E-state index in [9.17, 15) is 5.11 Å². The third kappa shape index (κ3) is 4.48. The minimum Gasteiger partial charge on any atom is -0.387 e. The van der Waals surface area contributed by atoms with Crippen LogP contribution in [0.1, 0.15) is 19.8 Å². The lowest BCUT2D eigenvalue weighted by Gasteiger charge is -2.23. The largest absolute Gasteiger partial charge is 0.387 e. The van der Waals surface area contributed by atoms with Gasteiger partial charge >= 0.3 is 0 Å². The Morgan fingerprint density at radius 2 is 2.29 bits per heavy atom. The summed E-state index contributed by atoms with van der Waals surface area (Å²) in [6.07, 6.45) is 2.10. The fourth-order valence-corrected chi connectivity index (χ4v) is 3.17. The zero-order valence-corrected chi connectivity index (χ0v) is 13.5. The van der Waals surface area contributed by atoms with Crippen molar-refractivity contribution in [1.82, 2.24) is 10.6 Å². The molecular formula is C11H22IN3OS. The number of rotatable bonds is 3. The van der Waals surface area contributed by atoms with E-state index in [1.807, 2.05) is 11.8 Å². The molecule has 3 N–H and O–H groups in total. The number of hydrogen-bond acceptors (Lipinski definition) is 3. The van der Waals surface area contributed by atoms with Crippen LogP contribution in [-0.4, -0.2) is 47.8 Å². The number of nitrogens with one attached hydrogen (secondary N) is 2. The van der Waals surface area contributed by atoms with Crippen LogP contribution in [-0.2, 0) is 0 Å². The number of thioether (sulfide) groups is 1. The van der Waals surface area contributed by atoms with Crippen LogP contribution in [0.15, 0.2) is 4.99 Å². The molecule has 0 aromatic rings. The van der Waals surface area contributed by atoms with Crippen LogP contribution in [0.5, 0.6) is 0 Å². The van der Waals surface area contributed by atoms with Gasteiger partial charge in [-0.05, 0) is 24.5 Å². The maximum atomic E-state index is 10.2. The van der Waals surface area contributed by atoms with Crippen molar-refractivity contribution in [3.63, 3.8) is 0 Å². The summed E-state index contributed by atoms with van der Waals surface area (Å²) in [6.45, 7) is 2.83. The molecule has 1 heterocycles. The standard InChI is InChI=1S/C11H21N3OS.HI/c1-8-5-9(8)14-10(12-2)13-6-11(15)3-4-16-7-11;/h8-9,15H,3-7H2,1-2H3,(H2,12,13,14);1H. The van der Waals surface area contributed by atoms with Crippen LogP contribution in [0.4, 0.5) is 0 Å². The second-order valence-electron chi connectivity index (χ2n) is 4.92. The Hall–Kier alpha value is 0.310. The molecule has 1 aliphatic carbocycles. The molecule has 2 aliphatic rings. The van der Waals surface area contributed by atoms with Gasteiger partial charge in [0.25, 0.3) is 0 Å². The van der Waals surface area contributed by atoms with Gasteiger partial charge in [0.2, 0.25) is 0 Å². The molecular weight excluding hydrogens is 349 g/mol. The smallest absolute Gasteiger partial charge is 0.191 e. The van der Waals surface area contributed by atoms with E-state index in [2.05, 4.69) is 22.5 Å². The fraction of sp³-hybridized carbons (Fsp3) is 0.909. The van der Waals surface area contributed by atoms with E-state index in [1.165, 1.54) is 6.42 Å². The molecule has 1 saturated heterocycles. The van der Waals surface area contributed by atoms with Crippen molar-refractivity contribution in [2.24, 2.45) is 10.9 Å². The Morgan fingerprint density at radius 1 is 1.59 bits per heavy atom. The summed E-state index contributed by atoms with van der Waals surface area (Å²) < 4.78 is 0. The molecule has 1 aliphatic heterocycles. The quantitative estimate of drug-likeness (QED) is 0.394. The lowest BCUT2D eigenvalue weighted by molar-refractivity contribution is 0.0724. The normalized spacial score (nSPS) is 36.3. The maximum Gasteiger partial charge on any atom is 0.191 e. The predicted octanol–water partition coefficient (Wildman–Crippen LogP) is 1.05. The molecule has 0 radical (unpaired) electrons. The molecule has 0 spiro atoms.